The lowest BCUT2D eigenvalue weighted by molar-refractivity contribution is 0.392. The van der Waals surface area contributed by atoms with Crippen molar-refractivity contribution in [3.63, 3.8) is 0 Å². The molecule has 0 spiro atoms. The minimum absolute atomic E-state index is 0. The van der Waals surface area contributed by atoms with Crippen LogP contribution in [0.25, 0.3) is 11.4 Å². The molecule has 1 aliphatic rings. The van der Waals surface area contributed by atoms with Gasteiger partial charge in [-0.05, 0) is 35.7 Å². The molecule has 1 atom stereocenters. The molecule has 0 bridgehead atoms. The summed E-state index contributed by atoms with van der Waals surface area (Å²) in [4.78, 5) is 11.0. The molecule has 0 saturated carbocycles. The van der Waals surface area contributed by atoms with Gasteiger partial charge in [0.1, 0.15) is 17.8 Å². The lowest BCUT2D eigenvalue weighted by Crippen LogP contribution is -2.39. The van der Waals surface area contributed by atoms with Crippen LogP contribution >= 0.6 is 24.0 Å². The first-order valence-corrected chi connectivity index (χ1v) is 10.3. The number of likely N-dealkylation sites (tertiary alicyclic amines) is 1. The molecule has 2 aromatic carbocycles. The van der Waals surface area contributed by atoms with Crippen molar-refractivity contribution in [1.29, 1.82) is 0 Å². The molecule has 2 heterocycles. The quantitative estimate of drug-likeness (QED) is 0.278. The van der Waals surface area contributed by atoms with E-state index in [1.54, 1.807) is 14.2 Å². The van der Waals surface area contributed by atoms with Crippen LogP contribution in [0, 0.1) is 0 Å². The Balaban J connectivity index is 0.00000289. The van der Waals surface area contributed by atoms with Crippen molar-refractivity contribution in [2.24, 2.45) is 4.99 Å². The highest BCUT2D eigenvalue weighted by molar-refractivity contribution is 14.0. The number of benzene rings is 2. The molecule has 4 rings (SSSR count). The highest BCUT2D eigenvalue weighted by atomic mass is 127. The van der Waals surface area contributed by atoms with E-state index in [4.69, 9.17) is 9.47 Å². The minimum Gasteiger partial charge on any atom is -0.497 e. The normalized spacial score (nSPS) is 15.9. The lowest BCUT2D eigenvalue weighted by atomic mass is 9.98. The number of methoxy groups -OCH3 is 2. The maximum absolute atomic E-state index is 5.44. The summed E-state index contributed by atoms with van der Waals surface area (Å²) < 4.78 is 10.9. The van der Waals surface area contributed by atoms with Gasteiger partial charge in [0.2, 0.25) is 0 Å². The molecular weight excluding hydrogens is 519 g/mol. The summed E-state index contributed by atoms with van der Waals surface area (Å²) >= 11 is 0. The van der Waals surface area contributed by atoms with Crippen LogP contribution in [0.2, 0.25) is 0 Å². The van der Waals surface area contributed by atoms with Gasteiger partial charge in [-0.15, -0.1) is 24.0 Å². The largest absolute Gasteiger partial charge is 0.497 e. The molecule has 0 amide bonds. The van der Waals surface area contributed by atoms with Crippen LogP contribution in [0.3, 0.4) is 0 Å². The number of rotatable bonds is 6. The molecule has 1 aliphatic heterocycles. The zero-order chi connectivity index (χ0) is 21.6. The number of H-pyrrole nitrogens is 1. The molecule has 170 valence electrons. The van der Waals surface area contributed by atoms with Gasteiger partial charge in [0, 0.05) is 44.2 Å². The minimum atomic E-state index is 0. The second-order valence-electron chi connectivity index (χ2n) is 7.51. The third kappa shape index (κ3) is 5.50. The zero-order valence-corrected chi connectivity index (χ0v) is 20.9. The van der Waals surface area contributed by atoms with Crippen LogP contribution in [0.15, 0.2) is 53.8 Å². The number of guanidine groups is 1. The van der Waals surface area contributed by atoms with E-state index < -0.39 is 0 Å². The molecule has 1 unspecified atom stereocenters. The Morgan fingerprint density at radius 2 is 1.97 bits per heavy atom. The molecule has 2 N–H and O–H groups in total. The van der Waals surface area contributed by atoms with E-state index >= 15 is 0 Å². The van der Waals surface area contributed by atoms with Gasteiger partial charge in [-0.1, -0.05) is 18.2 Å². The summed E-state index contributed by atoms with van der Waals surface area (Å²) in [5.41, 5.74) is 3.40. The fraction of sp³-hybridized carbons (Fsp3) is 0.348. The van der Waals surface area contributed by atoms with Crippen molar-refractivity contribution in [1.82, 2.24) is 25.4 Å². The molecule has 3 aromatic rings. The van der Waals surface area contributed by atoms with Gasteiger partial charge in [-0.3, -0.25) is 10.1 Å². The Morgan fingerprint density at radius 3 is 2.62 bits per heavy atom. The van der Waals surface area contributed by atoms with Crippen molar-refractivity contribution in [2.45, 2.75) is 18.9 Å². The molecule has 9 heteroatoms. The van der Waals surface area contributed by atoms with Crippen LogP contribution in [0.5, 0.6) is 11.5 Å². The van der Waals surface area contributed by atoms with E-state index in [9.17, 15) is 0 Å². The van der Waals surface area contributed by atoms with E-state index in [0.29, 0.717) is 12.5 Å². The number of aliphatic imine (C=N–C) groups is 1. The van der Waals surface area contributed by atoms with Gasteiger partial charge < -0.3 is 19.7 Å². The number of ether oxygens (including phenoxy) is 2. The van der Waals surface area contributed by atoms with Crippen LogP contribution in [-0.4, -0.2) is 60.4 Å². The molecule has 1 aromatic heterocycles. The number of hydrogen-bond donors (Lipinski definition) is 2. The van der Waals surface area contributed by atoms with Gasteiger partial charge in [0.25, 0.3) is 0 Å². The molecule has 8 nitrogen and oxygen atoms in total. The van der Waals surface area contributed by atoms with Crippen molar-refractivity contribution in [3.05, 3.63) is 59.9 Å². The van der Waals surface area contributed by atoms with Gasteiger partial charge in [-0.25, -0.2) is 4.98 Å². The Bertz CT molecular complexity index is 1020. The van der Waals surface area contributed by atoms with Gasteiger partial charge >= 0.3 is 0 Å². The number of halogens is 1. The first kappa shape index (κ1) is 23.8. The topological polar surface area (TPSA) is 87.7 Å². The summed E-state index contributed by atoms with van der Waals surface area (Å²) in [6, 6.07) is 14.4. The number of nitrogens with zero attached hydrogens (tertiary/aromatic N) is 4. The summed E-state index contributed by atoms with van der Waals surface area (Å²) in [5.74, 6) is 3.71. The maximum atomic E-state index is 5.44. The predicted molar refractivity (Wildman–Crippen MR) is 136 cm³/mol. The Kier molecular flexibility index (Phi) is 8.32. The summed E-state index contributed by atoms with van der Waals surface area (Å²) in [6.45, 7) is 2.53. The van der Waals surface area contributed by atoms with Crippen LogP contribution in [0.4, 0.5) is 0 Å². The standard InChI is InChI=1S/C23H28N6O2.HI/c1-24-23(25-13-16-5-4-6-17(9-16)22-26-15-27-28-22)29-8-7-18(14-29)19-10-20(30-2)12-21(11-19)31-3;/h4-6,9-12,15,18H,7-8,13-14H2,1-3H3,(H,24,25)(H,26,27,28);1H. The zero-order valence-electron chi connectivity index (χ0n) is 18.5. The van der Waals surface area contributed by atoms with Crippen LogP contribution in [-0.2, 0) is 6.54 Å². The number of aromatic nitrogens is 3. The van der Waals surface area contributed by atoms with Crippen LogP contribution < -0.4 is 14.8 Å². The number of nitrogens with one attached hydrogen (secondary N) is 2. The Labute approximate surface area is 205 Å². The second-order valence-corrected chi connectivity index (χ2v) is 7.51. The average Bonchev–Trinajstić information content (AvgIpc) is 3.52. The third-order valence-corrected chi connectivity index (χ3v) is 5.61. The first-order valence-electron chi connectivity index (χ1n) is 10.3. The average molecular weight is 548 g/mol. The SMILES string of the molecule is CN=C(NCc1cccc(-c2ncn[nH]2)c1)N1CCC(c2cc(OC)cc(OC)c2)C1.I. The summed E-state index contributed by atoms with van der Waals surface area (Å²) in [7, 11) is 5.19. The van der Waals surface area contributed by atoms with Gasteiger partial charge in [0.15, 0.2) is 11.8 Å². The van der Waals surface area contributed by atoms with Crippen molar-refractivity contribution in [2.75, 3.05) is 34.4 Å². The Morgan fingerprint density at radius 1 is 1.19 bits per heavy atom. The number of aromatic amines is 1. The second kappa shape index (κ2) is 11.2. The van der Waals surface area contributed by atoms with Gasteiger partial charge in [-0.2, -0.15) is 5.10 Å². The predicted octanol–water partition coefficient (Wildman–Crippen LogP) is 3.67. The van der Waals surface area contributed by atoms with Gasteiger partial charge in [0.05, 0.1) is 14.2 Å². The van der Waals surface area contributed by atoms with Crippen molar-refractivity contribution in [3.8, 4) is 22.9 Å². The lowest BCUT2D eigenvalue weighted by Gasteiger charge is -2.22. The smallest absolute Gasteiger partial charge is 0.193 e. The molecule has 0 aliphatic carbocycles. The van der Waals surface area contributed by atoms with E-state index in [-0.39, 0.29) is 24.0 Å². The summed E-state index contributed by atoms with van der Waals surface area (Å²) in [6.07, 6.45) is 2.57. The molecule has 1 saturated heterocycles. The summed E-state index contributed by atoms with van der Waals surface area (Å²) in [5, 5.41) is 10.3. The molecule has 1 fully saturated rings. The van der Waals surface area contributed by atoms with Crippen molar-refractivity contribution >= 4 is 29.9 Å². The van der Waals surface area contributed by atoms with E-state index in [2.05, 4.69) is 54.7 Å². The van der Waals surface area contributed by atoms with Crippen LogP contribution in [0.1, 0.15) is 23.5 Å². The van der Waals surface area contributed by atoms with E-state index in [0.717, 1.165) is 53.9 Å². The molecule has 0 radical (unpaired) electrons. The highest BCUT2D eigenvalue weighted by Crippen LogP contribution is 2.33. The van der Waals surface area contributed by atoms with E-state index in [1.807, 2.05) is 25.2 Å². The first-order chi connectivity index (χ1) is 15.2. The molecule has 32 heavy (non-hydrogen) atoms. The van der Waals surface area contributed by atoms with E-state index in [1.165, 1.54) is 11.9 Å². The molecular formula is C23H29IN6O2. The fourth-order valence-corrected chi connectivity index (χ4v) is 3.98. The Hall–Kier alpha value is -2.82. The number of hydrogen-bond acceptors (Lipinski definition) is 5. The third-order valence-electron chi connectivity index (χ3n) is 5.61. The maximum Gasteiger partial charge on any atom is 0.193 e. The monoisotopic (exact) mass is 548 g/mol. The highest BCUT2D eigenvalue weighted by Gasteiger charge is 2.27. The van der Waals surface area contributed by atoms with Crippen molar-refractivity contribution < 1.29 is 9.47 Å². The fourth-order valence-electron chi connectivity index (χ4n) is 3.98.